The van der Waals surface area contributed by atoms with Crippen molar-refractivity contribution in [1.82, 2.24) is 4.98 Å². The molecule has 1 heterocycles. The summed E-state index contributed by atoms with van der Waals surface area (Å²) in [6.45, 7) is 0.0784. The number of aromatic nitrogens is 2. The molecule has 0 radical (unpaired) electrons. The number of carbonyl (C=O) groups excluding carboxylic acids is 1. The van der Waals surface area contributed by atoms with E-state index in [1.54, 1.807) is 41.5 Å². The van der Waals surface area contributed by atoms with Crippen LogP contribution in [0.4, 0.5) is 0 Å². The molecule has 0 bridgehead atoms. The van der Waals surface area contributed by atoms with Gasteiger partial charge in [0.1, 0.15) is 0 Å². The molecule has 0 N–H and O–H groups in total. The third kappa shape index (κ3) is 3.23. The van der Waals surface area contributed by atoms with Crippen molar-refractivity contribution < 1.29 is 17.8 Å². The van der Waals surface area contributed by atoms with Gasteiger partial charge in [0.05, 0.1) is 17.3 Å². The molecule has 0 saturated heterocycles. The van der Waals surface area contributed by atoms with E-state index in [0.717, 1.165) is 6.26 Å². The van der Waals surface area contributed by atoms with Crippen LogP contribution in [0.3, 0.4) is 0 Å². The fourth-order valence-electron chi connectivity index (χ4n) is 1.72. The van der Waals surface area contributed by atoms with Crippen molar-refractivity contribution in [2.24, 2.45) is 0 Å². The van der Waals surface area contributed by atoms with E-state index >= 15 is 0 Å². The van der Waals surface area contributed by atoms with E-state index in [9.17, 15) is 13.2 Å². The standard InChI is InChI=1S/C13H13N2O3S/c1-19(17,18)13-5-3-2-4-11(13)12(16)10-15-8-6-14-7-9-15/h2-9H,10H2,1H3/q+1. The zero-order chi connectivity index (χ0) is 13.9. The van der Waals surface area contributed by atoms with Gasteiger partial charge in [-0.25, -0.2) is 8.42 Å². The molecule has 1 aromatic heterocycles. The highest BCUT2D eigenvalue weighted by Gasteiger charge is 2.20. The van der Waals surface area contributed by atoms with Crippen LogP contribution in [0.2, 0.25) is 0 Å². The highest BCUT2D eigenvalue weighted by atomic mass is 32.2. The Balaban J connectivity index is 2.35. The molecular weight excluding hydrogens is 264 g/mol. The number of Topliss-reactive ketones (excluding diaryl/α,β-unsaturated/α-hetero) is 1. The maximum atomic E-state index is 12.2. The minimum Gasteiger partial charge on any atom is -0.287 e. The number of rotatable bonds is 4. The zero-order valence-electron chi connectivity index (χ0n) is 10.4. The number of sulfone groups is 1. The Bertz CT molecular complexity index is 697. The predicted molar refractivity (Wildman–Crippen MR) is 68.3 cm³/mol. The number of hydrogen-bond donors (Lipinski definition) is 0. The highest BCUT2D eigenvalue weighted by molar-refractivity contribution is 7.90. The fraction of sp³-hybridized carbons (Fsp3) is 0.154. The average molecular weight is 277 g/mol. The van der Waals surface area contributed by atoms with Gasteiger partial charge in [-0.05, 0) is 12.1 Å². The second-order valence-corrected chi connectivity index (χ2v) is 6.09. The lowest BCUT2D eigenvalue weighted by molar-refractivity contribution is -0.683. The van der Waals surface area contributed by atoms with Gasteiger partial charge in [0.25, 0.3) is 0 Å². The molecule has 19 heavy (non-hydrogen) atoms. The lowest BCUT2D eigenvalue weighted by atomic mass is 10.1. The molecule has 5 nitrogen and oxygen atoms in total. The van der Waals surface area contributed by atoms with Crippen LogP contribution in [0.5, 0.6) is 0 Å². The Morgan fingerprint density at radius 3 is 2.47 bits per heavy atom. The van der Waals surface area contributed by atoms with Crippen molar-refractivity contribution >= 4 is 15.6 Å². The van der Waals surface area contributed by atoms with E-state index in [0.29, 0.717) is 0 Å². The van der Waals surface area contributed by atoms with Gasteiger partial charge in [0.2, 0.25) is 12.3 Å². The van der Waals surface area contributed by atoms with E-state index in [4.69, 9.17) is 0 Å². The van der Waals surface area contributed by atoms with Crippen LogP contribution in [-0.2, 0) is 16.4 Å². The minimum atomic E-state index is -3.41. The summed E-state index contributed by atoms with van der Waals surface area (Å²) in [4.78, 5) is 16.1. The summed E-state index contributed by atoms with van der Waals surface area (Å²) in [5.41, 5.74) is 0.217. The number of ketones is 1. The van der Waals surface area contributed by atoms with Crippen LogP contribution < -0.4 is 4.57 Å². The van der Waals surface area contributed by atoms with Crippen LogP contribution in [0.1, 0.15) is 10.4 Å². The normalized spacial score (nSPS) is 11.2. The van der Waals surface area contributed by atoms with E-state index < -0.39 is 9.84 Å². The first kappa shape index (κ1) is 13.4. The maximum absolute atomic E-state index is 12.2. The van der Waals surface area contributed by atoms with E-state index in [-0.39, 0.29) is 22.8 Å². The Labute approximate surface area is 111 Å². The summed E-state index contributed by atoms with van der Waals surface area (Å²) < 4.78 is 24.9. The first-order valence-electron chi connectivity index (χ1n) is 5.60. The quantitative estimate of drug-likeness (QED) is 0.608. The van der Waals surface area contributed by atoms with Crippen LogP contribution in [0, 0.1) is 0 Å². The van der Waals surface area contributed by atoms with E-state index in [2.05, 4.69) is 4.98 Å². The summed E-state index contributed by atoms with van der Waals surface area (Å²) in [7, 11) is -3.41. The van der Waals surface area contributed by atoms with Gasteiger partial charge < -0.3 is 0 Å². The minimum absolute atomic E-state index is 0.0645. The van der Waals surface area contributed by atoms with Gasteiger partial charge >= 0.3 is 0 Å². The smallest absolute Gasteiger partial charge is 0.228 e. The molecule has 0 aliphatic heterocycles. The second-order valence-electron chi connectivity index (χ2n) is 4.11. The number of hydrogen-bond acceptors (Lipinski definition) is 4. The summed E-state index contributed by atoms with van der Waals surface area (Å²) in [6.07, 6.45) is 7.53. The predicted octanol–water partition coefficient (Wildman–Crippen LogP) is 0.656. The summed E-state index contributed by atoms with van der Waals surface area (Å²) in [5, 5.41) is 0. The number of carbonyl (C=O) groups is 1. The van der Waals surface area contributed by atoms with Gasteiger partial charge in [0, 0.05) is 11.8 Å². The molecule has 0 spiro atoms. The topological polar surface area (TPSA) is 68.0 Å². The summed E-state index contributed by atoms with van der Waals surface area (Å²) >= 11 is 0. The fourth-order valence-corrected chi connectivity index (χ4v) is 2.63. The molecule has 2 rings (SSSR count). The van der Waals surface area contributed by atoms with E-state index in [1.165, 1.54) is 12.1 Å². The Kier molecular flexibility index (Phi) is 3.71. The monoisotopic (exact) mass is 277 g/mol. The average Bonchev–Trinajstić information content (AvgIpc) is 2.39. The molecule has 0 aliphatic rings. The van der Waals surface area contributed by atoms with Crippen molar-refractivity contribution in [1.29, 1.82) is 0 Å². The molecule has 0 atom stereocenters. The molecule has 98 valence electrons. The van der Waals surface area contributed by atoms with Crippen LogP contribution in [0.25, 0.3) is 0 Å². The molecular formula is C13H13N2O3S+. The molecule has 0 fully saturated rings. The third-order valence-electron chi connectivity index (χ3n) is 2.60. The van der Waals surface area contributed by atoms with Gasteiger partial charge in [0.15, 0.2) is 22.2 Å². The van der Waals surface area contributed by atoms with Gasteiger partial charge in [-0.15, -0.1) is 0 Å². The van der Waals surface area contributed by atoms with Crippen molar-refractivity contribution in [3.8, 4) is 0 Å². The highest BCUT2D eigenvalue weighted by Crippen LogP contribution is 2.15. The van der Waals surface area contributed by atoms with Crippen LogP contribution in [-0.4, -0.2) is 25.4 Å². The Morgan fingerprint density at radius 2 is 1.84 bits per heavy atom. The summed E-state index contributed by atoms with van der Waals surface area (Å²) in [6, 6.07) is 6.23. The molecule has 2 aromatic rings. The first-order chi connectivity index (χ1) is 8.98. The van der Waals surface area contributed by atoms with Crippen LogP contribution >= 0.6 is 0 Å². The van der Waals surface area contributed by atoms with Gasteiger partial charge in [-0.3, -0.25) is 9.78 Å². The van der Waals surface area contributed by atoms with Crippen molar-refractivity contribution in [3.63, 3.8) is 0 Å². The molecule has 0 amide bonds. The lowest BCUT2D eigenvalue weighted by Crippen LogP contribution is -2.37. The molecule has 0 aliphatic carbocycles. The Hall–Kier alpha value is -2.08. The largest absolute Gasteiger partial charge is 0.287 e. The lowest BCUT2D eigenvalue weighted by Gasteiger charge is -2.04. The van der Waals surface area contributed by atoms with Gasteiger partial charge in [-0.1, -0.05) is 12.1 Å². The first-order valence-corrected chi connectivity index (χ1v) is 7.49. The maximum Gasteiger partial charge on any atom is 0.228 e. The molecule has 0 unspecified atom stereocenters. The Morgan fingerprint density at radius 1 is 1.21 bits per heavy atom. The van der Waals surface area contributed by atoms with Crippen molar-refractivity contribution in [2.75, 3.05) is 6.26 Å². The molecule has 6 heteroatoms. The third-order valence-corrected chi connectivity index (χ3v) is 3.76. The van der Waals surface area contributed by atoms with E-state index in [1.807, 2.05) is 0 Å². The SMILES string of the molecule is CS(=O)(=O)c1ccccc1C(=O)C[n+]1ccncc1. The molecule has 1 aromatic carbocycles. The zero-order valence-corrected chi connectivity index (χ0v) is 11.2. The van der Waals surface area contributed by atoms with Crippen LogP contribution in [0.15, 0.2) is 53.9 Å². The van der Waals surface area contributed by atoms with Crippen molar-refractivity contribution in [2.45, 2.75) is 11.4 Å². The van der Waals surface area contributed by atoms with Crippen molar-refractivity contribution in [3.05, 3.63) is 54.6 Å². The number of benzene rings is 1. The molecule has 0 saturated carbocycles. The van der Waals surface area contributed by atoms with Gasteiger partial charge in [-0.2, -0.15) is 4.57 Å². The second kappa shape index (κ2) is 5.27. The summed E-state index contributed by atoms with van der Waals surface area (Å²) in [5.74, 6) is -0.253. The number of nitrogens with zero attached hydrogens (tertiary/aromatic N) is 2.